The summed E-state index contributed by atoms with van der Waals surface area (Å²) in [4.78, 5) is 11.3. The maximum Gasteiger partial charge on any atom is 0.326 e. The number of hydrogen-bond acceptors (Lipinski definition) is 10. The van der Waals surface area contributed by atoms with Gasteiger partial charge < -0.3 is 35.0 Å². The van der Waals surface area contributed by atoms with Crippen LogP contribution >= 0.6 is 0 Å². The minimum Gasteiger partial charge on any atom is -0.468 e. The first-order valence-electron chi connectivity index (χ1n) is 6.20. The maximum absolute atomic E-state index is 12.1. The second-order valence-corrected chi connectivity index (χ2v) is 6.41. The first-order chi connectivity index (χ1) is 10.2. The van der Waals surface area contributed by atoms with E-state index in [2.05, 4.69) is 4.74 Å². The topological polar surface area (TPSA) is 183 Å². The van der Waals surface area contributed by atoms with Gasteiger partial charge in [-0.05, 0) is 0 Å². The van der Waals surface area contributed by atoms with Gasteiger partial charge >= 0.3 is 5.97 Å². The Hall–Kier alpha value is -0.860. The Morgan fingerprint density at radius 3 is 2.27 bits per heavy atom. The van der Waals surface area contributed by atoms with Crippen LogP contribution in [0.5, 0.6) is 0 Å². The lowest BCUT2D eigenvalue weighted by molar-refractivity contribution is -0.207. The quantitative estimate of drug-likeness (QED) is 0.255. The molecule has 1 unspecified atom stereocenters. The minimum absolute atomic E-state index is 0.808. The van der Waals surface area contributed by atoms with Crippen molar-refractivity contribution in [3.8, 4) is 0 Å². The van der Waals surface area contributed by atoms with Crippen LogP contribution in [-0.2, 0) is 24.3 Å². The number of nitrogens with one attached hydrogen (secondary N) is 1. The van der Waals surface area contributed by atoms with E-state index in [0.717, 1.165) is 7.11 Å². The van der Waals surface area contributed by atoms with Gasteiger partial charge in [-0.1, -0.05) is 0 Å². The SMILES string of the molecule is COC(=O)C(CO)NS(=O)(=O)[C@@H]1O[C@H](CO)[C@@H](O)[C@H](O)[C@H]1O. The van der Waals surface area contributed by atoms with Gasteiger partial charge in [0.2, 0.25) is 15.5 Å². The van der Waals surface area contributed by atoms with Crippen molar-refractivity contribution in [3.05, 3.63) is 0 Å². The molecular weight excluding hydrogens is 326 g/mol. The van der Waals surface area contributed by atoms with Gasteiger partial charge in [0.25, 0.3) is 0 Å². The average molecular weight is 345 g/mol. The number of esters is 1. The molecule has 6 atom stereocenters. The largest absolute Gasteiger partial charge is 0.468 e. The van der Waals surface area contributed by atoms with Crippen LogP contribution in [0.4, 0.5) is 0 Å². The fourth-order valence-corrected chi connectivity index (χ4v) is 3.41. The van der Waals surface area contributed by atoms with E-state index in [1.54, 1.807) is 4.72 Å². The predicted molar refractivity (Wildman–Crippen MR) is 68.7 cm³/mol. The van der Waals surface area contributed by atoms with Gasteiger partial charge in [-0.25, -0.2) is 8.42 Å². The molecule has 1 aliphatic rings. The highest BCUT2D eigenvalue weighted by atomic mass is 32.2. The average Bonchev–Trinajstić information content (AvgIpc) is 2.49. The van der Waals surface area contributed by atoms with E-state index in [1.807, 2.05) is 0 Å². The van der Waals surface area contributed by atoms with E-state index in [-0.39, 0.29) is 0 Å². The number of hydrogen-bond donors (Lipinski definition) is 6. The standard InChI is InChI=1S/C10H19NO10S/c1-20-9(17)4(2-12)11-22(18,19)10-8(16)7(15)6(14)5(3-13)21-10/h4-8,10-16H,2-3H2,1H3/t4?,5-,6-,7+,8-,10+/m1/s1. The third-order valence-corrected chi connectivity index (χ3v) is 4.74. The summed E-state index contributed by atoms with van der Waals surface area (Å²) in [6.45, 7) is -1.72. The molecule has 0 aromatic carbocycles. The van der Waals surface area contributed by atoms with Crippen LogP contribution in [0, 0.1) is 0 Å². The summed E-state index contributed by atoms with van der Waals surface area (Å²) >= 11 is 0. The molecule has 0 bridgehead atoms. The highest BCUT2D eigenvalue weighted by molar-refractivity contribution is 7.90. The molecule has 1 rings (SSSR count). The Labute approximate surface area is 126 Å². The van der Waals surface area contributed by atoms with Gasteiger partial charge in [0.05, 0.1) is 20.3 Å². The molecule has 0 aromatic heterocycles. The normalized spacial score (nSPS) is 34.2. The fourth-order valence-electron chi connectivity index (χ4n) is 1.89. The van der Waals surface area contributed by atoms with Crippen molar-refractivity contribution in [2.45, 2.75) is 35.9 Å². The fraction of sp³-hybridized carbons (Fsp3) is 0.900. The van der Waals surface area contributed by atoms with Crippen molar-refractivity contribution < 1.29 is 48.2 Å². The van der Waals surface area contributed by atoms with Gasteiger partial charge in [0.15, 0.2) is 0 Å². The van der Waals surface area contributed by atoms with Crippen molar-refractivity contribution >= 4 is 16.0 Å². The number of aliphatic hydroxyl groups excluding tert-OH is 5. The number of aliphatic hydroxyl groups is 5. The smallest absolute Gasteiger partial charge is 0.326 e. The summed E-state index contributed by atoms with van der Waals surface area (Å²) in [6.07, 6.45) is -7.07. The van der Waals surface area contributed by atoms with Crippen molar-refractivity contribution in [2.24, 2.45) is 0 Å². The Balaban J connectivity index is 2.97. The molecule has 0 amide bonds. The molecular formula is C10H19NO10S. The van der Waals surface area contributed by atoms with Gasteiger partial charge in [-0.15, -0.1) is 0 Å². The molecule has 0 saturated carbocycles. The van der Waals surface area contributed by atoms with Crippen LogP contribution in [-0.4, -0.2) is 96.1 Å². The Morgan fingerprint density at radius 1 is 1.23 bits per heavy atom. The molecule has 1 saturated heterocycles. The maximum atomic E-state index is 12.1. The predicted octanol–water partition coefficient (Wildman–Crippen LogP) is -4.76. The van der Waals surface area contributed by atoms with E-state index in [1.165, 1.54) is 0 Å². The number of carbonyl (C=O) groups excluding carboxylic acids is 1. The van der Waals surface area contributed by atoms with E-state index >= 15 is 0 Å². The van der Waals surface area contributed by atoms with Crippen LogP contribution in [0.2, 0.25) is 0 Å². The molecule has 22 heavy (non-hydrogen) atoms. The van der Waals surface area contributed by atoms with Crippen molar-refractivity contribution in [1.82, 2.24) is 4.72 Å². The monoisotopic (exact) mass is 345 g/mol. The van der Waals surface area contributed by atoms with Gasteiger partial charge in [0.1, 0.15) is 30.5 Å². The molecule has 12 heteroatoms. The zero-order valence-electron chi connectivity index (χ0n) is 11.6. The molecule has 0 radical (unpaired) electrons. The van der Waals surface area contributed by atoms with Crippen molar-refractivity contribution in [3.63, 3.8) is 0 Å². The number of methoxy groups -OCH3 is 1. The van der Waals surface area contributed by atoms with E-state index in [0.29, 0.717) is 0 Å². The molecule has 1 aliphatic heterocycles. The van der Waals surface area contributed by atoms with Crippen molar-refractivity contribution in [2.75, 3.05) is 20.3 Å². The number of carbonyl (C=O) groups is 1. The second kappa shape index (κ2) is 7.61. The molecule has 1 heterocycles. The van der Waals surface area contributed by atoms with Gasteiger partial charge in [-0.3, -0.25) is 4.79 Å². The van der Waals surface area contributed by atoms with Crippen LogP contribution in [0.3, 0.4) is 0 Å². The van der Waals surface area contributed by atoms with Crippen LogP contribution in [0.15, 0.2) is 0 Å². The number of ether oxygens (including phenoxy) is 2. The van der Waals surface area contributed by atoms with Gasteiger partial charge in [-0.2, -0.15) is 4.72 Å². The summed E-state index contributed by atoms with van der Waals surface area (Å²) < 4.78 is 35.1. The second-order valence-electron chi connectivity index (χ2n) is 4.62. The van der Waals surface area contributed by atoms with Crippen molar-refractivity contribution in [1.29, 1.82) is 0 Å². The molecule has 11 nitrogen and oxygen atoms in total. The minimum atomic E-state index is -4.56. The molecule has 6 N–H and O–H groups in total. The highest BCUT2D eigenvalue weighted by Gasteiger charge is 2.49. The lowest BCUT2D eigenvalue weighted by atomic mass is 10.0. The lowest BCUT2D eigenvalue weighted by Gasteiger charge is -2.39. The van der Waals surface area contributed by atoms with Crippen LogP contribution in [0.1, 0.15) is 0 Å². The molecule has 0 spiro atoms. The summed E-state index contributed by atoms with van der Waals surface area (Å²) in [6, 6.07) is -1.64. The van der Waals surface area contributed by atoms with E-state index < -0.39 is 65.1 Å². The summed E-state index contributed by atoms with van der Waals surface area (Å²) in [5, 5.41) is 46.8. The Morgan fingerprint density at radius 2 is 1.82 bits per heavy atom. The molecule has 0 aliphatic carbocycles. The Bertz CT molecular complexity index is 480. The van der Waals surface area contributed by atoms with E-state index in [4.69, 9.17) is 14.9 Å². The first-order valence-corrected chi connectivity index (χ1v) is 7.74. The molecule has 130 valence electrons. The number of rotatable bonds is 6. The van der Waals surface area contributed by atoms with Gasteiger partial charge in [0, 0.05) is 0 Å². The van der Waals surface area contributed by atoms with Crippen LogP contribution in [0.25, 0.3) is 0 Å². The first kappa shape index (κ1) is 19.2. The Kier molecular flexibility index (Phi) is 6.64. The lowest BCUT2D eigenvalue weighted by Crippen LogP contribution is -2.63. The van der Waals surface area contributed by atoms with Crippen LogP contribution < -0.4 is 4.72 Å². The third kappa shape index (κ3) is 3.91. The third-order valence-electron chi connectivity index (χ3n) is 3.13. The summed E-state index contributed by atoms with van der Waals surface area (Å²) in [5.74, 6) is -1.07. The zero-order chi connectivity index (χ0) is 17.1. The molecule has 0 aromatic rings. The highest BCUT2D eigenvalue weighted by Crippen LogP contribution is 2.24. The zero-order valence-corrected chi connectivity index (χ0v) is 12.4. The van der Waals surface area contributed by atoms with E-state index in [9.17, 15) is 28.5 Å². The number of sulfonamides is 1. The molecule has 1 fully saturated rings. The summed E-state index contributed by atoms with van der Waals surface area (Å²) in [5.41, 5.74) is -2.07. The summed E-state index contributed by atoms with van der Waals surface area (Å²) in [7, 11) is -3.58.